The summed E-state index contributed by atoms with van der Waals surface area (Å²) >= 11 is 0. The fraction of sp³-hybridized carbons (Fsp3) is 0.136. The van der Waals surface area contributed by atoms with E-state index in [-0.39, 0.29) is 25.0 Å². The molecular formula is C22H19NO5. The molecule has 0 aromatic heterocycles. The number of ether oxygens (including phenoxy) is 2. The lowest BCUT2D eigenvalue weighted by molar-refractivity contribution is -0.137. The Morgan fingerprint density at radius 3 is 2.25 bits per heavy atom. The van der Waals surface area contributed by atoms with Crippen molar-refractivity contribution in [2.45, 2.75) is 0 Å². The first-order chi connectivity index (χ1) is 13.6. The number of benzene rings is 2. The zero-order valence-corrected chi connectivity index (χ0v) is 15.2. The molecule has 0 bridgehead atoms. The van der Waals surface area contributed by atoms with E-state index in [9.17, 15) is 14.4 Å². The molecule has 2 aromatic rings. The van der Waals surface area contributed by atoms with Crippen molar-refractivity contribution in [3.8, 4) is 5.75 Å². The molecular weight excluding hydrogens is 358 g/mol. The predicted molar refractivity (Wildman–Crippen MR) is 104 cm³/mol. The first-order valence-electron chi connectivity index (χ1n) is 8.74. The molecule has 0 radical (unpaired) electrons. The van der Waals surface area contributed by atoms with Gasteiger partial charge in [-0.3, -0.25) is 14.5 Å². The molecule has 142 valence electrons. The van der Waals surface area contributed by atoms with Crippen LogP contribution < -0.4 is 4.74 Å². The maximum absolute atomic E-state index is 12.2. The Hall–Kier alpha value is -3.67. The van der Waals surface area contributed by atoms with E-state index in [1.54, 1.807) is 60.7 Å². The topological polar surface area (TPSA) is 72.9 Å². The summed E-state index contributed by atoms with van der Waals surface area (Å²) in [5.74, 6) is -0.582. The Morgan fingerprint density at radius 2 is 1.64 bits per heavy atom. The van der Waals surface area contributed by atoms with Gasteiger partial charge in [0, 0.05) is 6.08 Å². The number of hydrogen-bond acceptors (Lipinski definition) is 5. The predicted octanol–water partition coefficient (Wildman–Crippen LogP) is 3.10. The minimum absolute atomic E-state index is 0.0151. The van der Waals surface area contributed by atoms with Crippen LogP contribution >= 0.6 is 0 Å². The Morgan fingerprint density at radius 1 is 1.00 bits per heavy atom. The number of amides is 2. The average Bonchev–Trinajstić information content (AvgIpc) is 2.96. The Balaban J connectivity index is 1.47. The largest absolute Gasteiger partial charge is 0.490 e. The molecule has 0 saturated carbocycles. The molecule has 0 N–H and O–H groups in total. The van der Waals surface area contributed by atoms with E-state index in [4.69, 9.17) is 9.47 Å². The minimum atomic E-state index is -0.552. The van der Waals surface area contributed by atoms with Gasteiger partial charge in [-0.05, 0) is 35.9 Å². The lowest BCUT2D eigenvalue weighted by Crippen LogP contribution is -2.33. The van der Waals surface area contributed by atoms with E-state index >= 15 is 0 Å². The minimum Gasteiger partial charge on any atom is -0.490 e. The molecule has 0 unspecified atom stereocenters. The molecule has 0 spiro atoms. The fourth-order valence-electron chi connectivity index (χ4n) is 2.72. The van der Waals surface area contributed by atoms with Crippen LogP contribution in [0.4, 0.5) is 0 Å². The van der Waals surface area contributed by atoms with Crippen LogP contribution in [-0.2, 0) is 9.53 Å². The second kappa shape index (κ2) is 8.81. The zero-order chi connectivity index (χ0) is 19.9. The van der Waals surface area contributed by atoms with E-state index in [2.05, 4.69) is 6.58 Å². The summed E-state index contributed by atoms with van der Waals surface area (Å²) in [6, 6.07) is 13.8. The molecule has 0 saturated heterocycles. The summed E-state index contributed by atoms with van der Waals surface area (Å²) in [5, 5.41) is 0. The number of carbonyl (C=O) groups excluding carboxylic acids is 3. The number of nitrogens with zero attached hydrogens (tertiary/aromatic N) is 1. The highest BCUT2D eigenvalue weighted by atomic mass is 16.5. The van der Waals surface area contributed by atoms with Gasteiger partial charge in [-0.25, -0.2) is 4.79 Å². The highest BCUT2D eigenvalue weighted by molar-refractivity contribution is 6.21. The van der Waals surface area contributed by atoms with Gasteiger partial charge < -0.3 is 9.47 Å². The molecule has 2 aromatic carbocycles. The number of esters is 1. The van der Waals surface area contributed by atoms with Crippen molar-refractivity contribution in [1.29, 1.82) is 0 Å². The highest BCUT2D eigenvalue weighted by Crippen LogP contribution is 2.21. The van der Waals surface area contributed by atoms with E-state index < -0.39 is 5.97 Å². The first-order valence-corrected chi connectivity index (χ1v) is 8.74. The van der Waals surface area contributed by atoms with Crippen molar-refractivity contribution < 1.29 is 23.9 Å². The van der Waals surface area contributed by atoms with Crippen molar-refractivity contribution in [3.63, 3.8) is 0 Å². The van der Waals surface area contributed by atoms with Crippen LogP contribution in [0.2, 0.25) is 0 Å². The van der Waals surface area contributed by atoms with Crippen molar-refractivity contribution in [3.05, 3.63) is 84.0 Å². The third-order valence-electron chi connectivity index (χ3n) is 4.10. The van der Waals surface area contributed by atoms with Crippen LogP contribution in [0, 0.1) is 0 Å². The smallest absolute Gasteiger partial charge is 0.330 e. The molecule has 1 aliphatic rings. The van der Waals surface area contributed by atoms with Gasteiger partial charge in [-0.2, -0.15) is 0 Å². The first kappa shape index (κ1) is 19.1. The van der Waals surface area contributed by atoms with Gasteiger partial charge in [0.1, 0.15) is 19.0 Å². The molecule has 2 amide bonds. The maximum atomic E-state index is 12.2. The molecule has 0 aliphatic carbocycles. The van der Waals surface area contributed by atoms with Gasteiger partial charge in [-0.1, -0.05) is 36.9 Å². The Labute approximate surface area is 162 Å². The van der Waals surface area contributed by atoms with Gasteiger partial charge in [0.05, 0.1) is 17.7 Å². The van der Waals surface area contributed by atoms with Crippen LogP contribution in [0.1, 0.15) is 26.3 Å². The summed E-state index contributed by atoms with van der Waals surface area (Å²) in [7, 11) is 0. The highest BCUT2D eigenvalue weighted by Gasteiger charge is 2.34. The fourth-order valence-corrected chi connectivity index (χ4v) is 2.72. The Bertz CT molecular complexity index is 895. The van der Waals surface area contributed by atoms with E-state index in [1.165, 1.54) is 6.08 Å². The number of imide groups is 1. The SMILES string of the molecule is C=CCOc1ccc(/C=C/C(=O)OCCN2C(=O)c3ccccc3C2=O)cc1. The van der Waals surface area contributed by atoms with E-state index in [0.29, 0.717) is 23.5 Å². The summed E-state index contributed by atoms with van der Waals surface area (Å²) in [6.45, 7) is 3.96. The number of hydrogen-bond donors (Lipinski definition) is 0. The van der Waals surface area contributed by atoms with Crippen molar-refractivity contribution in [1.82, 2.24) is 4.90 Å². The summed E-state index contributed by atoms with van der Waals surface area (Å²) in [4.78, 5) is 37.4. The van der Waals surface area contributed by atoms with Crippen LogP contribution in [-0.4, -0.2) is 42.4 Å². The standard InChI is InChI=1S/C22H19NO5/c1-2-14-27-17-10-7-16(8-11-17)9-12-20(24)28-15-13-23-21(25)18-5-3-4-6-19(18)22(23)26/h2-12H,1,13-15H2/b12-9+. The van der Waals surface area contributed by atoms with Crippen molar-refractivity contribution >= 4 is 23.9 Å². The third-order valence-corrected chi connectivity index (χ3v) is 4.10. The number of rotatable bonds is 8. The monoisotopic (exact) mass is 377 g/mol. The number of carbonyl (C=O) groups is 3. The van der Waals surface area contributed by atoms with Gasteiger partial charge in [0.15, 0.2) is 0 Å². The molecule has 3 rings (SSSR count). The lowest BCUT2D eigenvalue weighted by atomic mass is 10.1. The number of fused-ring (bicyclic) bond motifs is 1. The molecule has 6 nitrogen and oxygen atoms in total. The van der Waals surface area contributed by atoms with Crippen molar-refractivity contribution in [2.24, 2.45) is 0 Å². The maximum Gasteiger partial charge on any atom is 0.330 e. The quantitative estimate of drug-likeness (QED) is 0.306. The van der Waals surface area contributed by atoms with Gasteiger partial charge in [0.2, 0.25) is 0 Å². The Kier molecular flexibility index (Phi) is 6.01. The molecule has 1 aliphatic heterocycles. The van der Waals surface area contributed by atoms with Gasteiger partial charge in [0.25, 0.3) is 11.8 Å². The normalized spacial score (nSPS) is 12.9. The van der Waals surface area contributed by atoms with Crippen LogP contribution in [0.15, 0.2) is 67.3 Å². The van der Waals surface area contributed by atoms with Crippen LogP contribution in [0.5, 0.6) is 5.75 Å². The van der Waals surface area contributed by atoms with Gasteiger partial charge in [-0.15, -0.1) is 0 Å². The van der Waals surface area contributed by atoms with E-state index in [1.807, 2.05) is 0 Å². The molecule has 28 heavy (non-hydrogen) atoms. The lowest BCUT2D eigenvalue weighted by Gasteiger charge is -2.13. The van der Waals surface area contributed by atoms with Crippen LogP contribution in [0.25, 0.3) is 6.08 Å². The zero-order valence-electron chi connectivity index (χ0n) is 15.2. The average molecular weight is 377 g/mol. The van der Waals surface area contributed by atoms with Crippen molar-refractivity contribution in [2.75, 3.05) is 19.8 Å². The summed E-state index contributed by atoms with van der Waals surface area (Å²) in [6.07, 6.45) is 4.56. The molecule has 1 heterocycles. The van der Waals surface area contributed by atoms with E-state index in [0.717, 1.165) is 10.5 Å². The van der Waals surface area contributed by atoms with Gasteiger partial charge >= 0.3 is 5.97 Å². The summed E-state index contributed by atoms with van der Waals surface area (Å²) < 4.78 is 10.5. The second-order valence-electron chi connectivity index (χ2n) is 5.98. The summed E-state index contributed by atoms with van der Waals surface area (Å²) in [5.41, 5.74) is 1.56. The molecule has 0 fully saturated rings. The molecule has 6 heteroatoms. The van der Waals surface area contributed by atoms with Crippen LogP contribution in [0.3, 0.4) is 0 Å². The molecule has 0 atom stereocenters. The second-order valence-corrected chi connectivity index (χ2v) is 5.98. The third kappa shape index (κ3) is 4.35.